The van der Waals surface area contributed by atoms with Gasteiger partial charge in [-0.05, 0) is 30.5 Å². The molecule has 7 nitrogen and oxygen atoms in total. The van der Waals surface area contributed by atoms with Crippen molar-refractivity contribution in [2.24, 2.45) is 5.92 Å². The first-order valence-electron chi connectivity index (χ1n) is 8.94. The molecular weight excluding hydrogens is 332 g/mol. The molecule has 2 N–H and O–H groups in total. The number of amides is 2. The average Bonchev–Trinajstić information content (AvgIpc) is 3.37. The number of ether oxygens (including phenoxy) is 1. The predicted octanol–water partition coefficient (Wildman–Crippen LogP) is 1.35. The number of H-pyrrole nitrogens is 1. The minimum Gasteiger partial charge on any atom is -0.376 e. The van der Waals surface area contributed by atoms with Crippen molar-refractivity contribution in [1.82, 2.24) is 20.2 Å². The third kappa shape index (κ3) is 3.35. The summed E-state index contributed by atoms with van der Waals surface area (Å²) in [6.07, 6.45) is 8.27. The Bertz CT molecular complexity index is 762. The lowest BCUT2D eigenvalue weighted by Gasteiger charge is -2.40. The monoisotopic (exact) mass is 354 g/mol. The van der Waals surface area contributed by atoms with Gasteiger partial charge in [-0.1, -0.05) is 6.07 Å². The topological polar surface area (TPSA) is 87.3 Å². The molecule has 2 fully saturated rings. The summed E-state index contributed by atoms with van der Waals surface area (Å²) in [5.41, 5.74) is 1.57. The lowest BCUT2D eigenvalue weighted by molar-refractivity contribution is -0.128. The number of hydrogen-bond acceptors (Lipinski definition) is 4. The van der Waals surface area contributed by atoms with E-state index >= 15 is 0 Å². The number of likely N-dealkylation sites (tertiary alicyclic amines) is 1. The summed E-state index contributed by atoms with van der Waals surface area (Å²) in [6.45, 7) is 1.49. The Morgan fingerprint density at radius 1 is 1.38 bits per heavy atom. The lowest BCUT2D eigenvalue weighted by atomic mass is 9.89. The molecular formula is C19H22N4O3. The molecule has 0 aromatic carbocycles. The highest BCUT2D eigenvalue weighted by molar-refractivity contribution is 5.95. The summed E-state index contributed by atoms with van der Waals surface area (Å²) in [6, 6.07) is 5.58. The van der Waals surface area contributed by atoms with Crippen LogP contribution in [-0.2, 0) is 16.1 Å². The van der Waals surface area contributed by atoms with E-state index < -0.39 is 0 Å². The first-order valence-corrected chi connectivity index (χ1v) is 8.94. The van der Waals surface area contributed by atoms with E-state index in [0.717, 1.165) is 12.0 Å². The molecule has 0 radical (unpaired) electrons. The second-order valence-electron chi connectivity index (χ2n) is 6.83. The number of hydrogen-bond donors (Lipinski definition) is 2. The Morgan fingerprint density at radius 2 is 2.31 bits per heavy atom. The van der Waals surface area contributed by atoms with Crippen molar-refractivity contribution >= 4 is 11.8 Å². The fourth-order valence-corrected chi connectivity index (χ4v) is 3.83. The average molecular weight is 354 g/mol. The van der Waals surface area contributed by atoms with Crippen LogP contribution in [0, 0.1) is 5.92 Å². The molecule has 0 unspecified atom stereocenters. The van der Waals surface area contributed by atoms with Crippen molar-refractivity contribution in [3.05, 3.63) is 54.1 Å². The molecule has 2 saturated heterocycles. The van der Waals surface area contributed by atoms with E-state index in [1.807, 2.05) is 17.0 Å². The molecule has 2 aliphatic heterocycles. The maximum atomic E-state index is 12.9. The van der Waals surface area contributed by atoms with Crippen LogP contribution in [0.15, 0.2) is 43.0 Å². The van der Waals surface area contributed by atoms with E-state index in [1.54, 1.807) is 30.9 Å². The number of piperidine rings is 1. The van der Waals surface area contributed by atoms with Gasteiger partial charge in [0.05, 0.1) is 23.6 Å². The van der Waals surface area contributed by atoms with Crippen molar-refractivity contribution in [3.63, 3.8) is 0 Å². The number of pyridine rings is 1. The summed E-state index contributed by atoms with van der Waals surface area (Å²) in [4.78, 5) is 34.3. The smallest absolute Gasteiger partial charge is 0.255 e. The van der Waals surface area contributed by atoms with E-state index in [9.17, 15) is 9.59 Å². The van der Waals surface area contributed by atoms with Gasteiger partial charge in [-0.3, -0.25) is 14.6 Å². The fraction of sp³-hybridized carbons (Fsp3) is 0.421. The standard InChI is InChI=1S/C19H22N4O3/c24-18(22-10-13-2-1-5-20-9-13)15-8-17-16(4-7-26-17)23(12-15)19(25)14-3-6-21-11-14/h1-3,5-6,9,11,15-17,21H,4,7-8,10,12H2,(H,22,24)/t15-,16-,17-/m1/s1. The van der Waals surface area contributed by atoms with Crippen LogP contribution in [0.5, 0.6) is 0 Å². The van der Waals surface area contributed by atoms with Gasteiger partial charge in [0, 0.05) is 44.5 Å². The van der Waals surface area contributed by atoms with Crippen molar-refractivity contribution in [2.75, 3.05) is 13.2 Å². The number of aromatic amines is 1. The van der Waals surface area contributed by atoms with Crippen LogP contribution in [-0.4, -0.2) is 52.0 Å². The van der Waals surface area contributed by atoms with Crippen molar-refractivity contribution < 1.29 is 14.3 Å². The first-order chi connectivity index (χ1) is 12.7. The highest BCUT2D eigenvalue weighted by Gasteiger charge is 2.44. The van der Waals surface area contributed by atoms with Crippen molar-refractivity contribution in [1.29, 1.82) is 0 Å². The predicted molar refractivity (Wildman–Crippen MR) is 94.2 cm³/mol. The van der Waals surface area contributed by atoms with E-state index in [2.05, 4.69) is 15.3 Å². The normalized spacial score (nSPS) is 24.9. The largest absolute Gasteiger partial charge is 0.376 e. The Morgan fingerprint density at radius 3 is 3.08 bits per heavy atom. The van der Waals surface area contributed by atoms with E-state index in [0.29, 0.717) is 31.7 Å². The maximum absolute atomic E-state index is 12.9. The van der Waals surface area contributed by atoms with Gasteiger partial charge >= 0.3 is 0 Å². The third-order valence-corrected chi connectivity index (χ3v) is 5.18. The summed E-state index contributed by atoms with van der Waals surface area (Å²) in [5, 5.41) is 2.96. The van der Waals surface area contributed by atoms with Gasteiger partial charge in [-0.25, -0.2) is 0 Å². The number of fused-ring (bicyclic) bond motifs is 1. The molecule has 2 aromatic rings. The zero-order chi connectivity index (χ0) is 17.9. The molecule has 4 rings (SSSR count). The van der Waals surface area contributed by atoms with Crippen molar-refractivity contribution in [3.8, 4) is 0 Å². The molecule has 0 bridgehead atoms. The molecule has 136 valence electrons. The van der Waals surface area contributed by atoms with Crippen LogP contribution in [0.2, 0.25) is 0 Å². The molecule has 0 aliphatic carbocycles. The molecule has 2 amide bonds. The highest BCUT2D eigenvalue weighted by Crippen LogP contribution is 2.32. The van der Waals surface area contributed by atoms with Crippen LogP contribution in [0.25, 0.3) is 0 Å². The Hall–Kier alpha value is -2.67. The number of rotatable bonds is 4. The number of nitrogens with one attached hydrogen (secondary N) is 2. The van der Waals surface area contributed by atoms with Gasteiger partial charge in [0.2, 0.25) is 5.91 Å². The molecule has 0 saturated carbocycles. The number of carbonyl (C=O) groups is 2. The van der Waals surface area contributed by atoms with Gasteiger partial charge in [-0.15, -0.1) is 0 Å². The van der Waals surface area contributed by atoms with Gasteiger partial charge in [-0.2, -0.15) is 0 Å². The molecule has 2 aliphatic rings. The van der Waals surface area contributed by atoms with Gasteiger partial charge < -0.3 is 19.9 Å². The second-order valence-corrected chi connectivity index (χ2v) is 6.83. The second kappa shape index (κ2) is 7.29. The van der Waals surface area contributed by atoms with Crippen molar-refractivity contribution in [2.45, 2.75) is 31.5 Å². The maximum Gasteiger partial charge on any atom is 0.255 e. The Balaban J connectivity index is 1.45. The Labute approximate surface area is 151 Å². The van der Waals surface area contributed by atoms with Crippen LogP contribution in [0.4, 0.5) is 0 Å². The molecule has 7 heteroatoms. The zero-order valence-electron chi connectivity index (χ0n) is 14.4. The van der Waals surface area contributed by atoms with E-state index in [1.165, 1.54) is 0 Å². The molecule has 2 aromatic heterocycles. The molecule has 26 heavy (non-hydrogen) atoms. The quantitative estimate of drug-likeness (QED) is 0.868. The number of nitrogens with zero attached hydrogens (tertiary/aromatic N) is 2. The minimum atomic E-state index is -0.270. The first kappa shape index (κ1) is 16.8. The van der Waals surface area contributed by atoms with Gasteiger partial charge in [0.15, 0.2) is 0 Å². The summed E-state index contributed by atoms with van der Waals surface area (Å²) in [7, 11) is 0. The summed E-state index contributed by atoms with van der Waals surface area (Å²) < 4.78 is 5.81. The number of carbonyl (C=O) groups excluding carboxylic acids is 2. The van der Waals surface area contributed by atoms with E-state index in [4.69, 9.17) is 4.74 Å². The zero-order valence-corrected chi connectivity index (χ0v) is 14.4. The van der Waals surface area contributed by atoms with Gasteiger partial charge in [0.1, 0.15) is 0 Å². The minimum absolute atomic E-state index is 0.0449. The van der Waals surface area contributed by atoms with Gasteiger partial charge in [0.25, 0.3) is 5.91 Å². The molecule has 0 spiro atoms. The van der Waals surface area contributed by atoms with Crippen LogP contribution < -0.4 is 5.32 Å². The molecule has 4 heterocycles. The fourth-order valence-electron chi connectivity index (χ4n) is 3.83. The summed E-state index contributed by atoms with van der Waals surface area (Å²) >= 11 is 0. The Kier molecular flexibility index (Phi) is 4.71. The number of aromatic nitrogens is 2. The van der Waals surface area contributed by atoms with Crippen LogP contribution in [0.1, 0.15) is 28.8 Å². The van der Waals surface area contributed by atoms with Crippen LogP contribution >= 0.6 is 0 Å². The highest BCUT2D eigenvalue weighted by atomic mass is 16.5. The van der Waals surface area contributed by atoms with E-state index in [-0.39, 0.29) is 29.9 Å². The molecule has 3 atom stereocenters. The lowest BCUT2D eigenvalue weighted by Crippen LogP contribution is -2.54. The SMILES string of the molecule is O=C(NCc1cccnc1)[C@@H]1C[C@H]2OCC[C@H]2N(C(=O)c2cc[nH]c2)C1. The van der Waals surface area contributed by atoms with Crippen LogP contribution in [0.3, 0.4) is 0 Å². The summed E-state index contributed by atoms with van der Waals surface area (Å²) in [5.74, 6) is -0.361. The third-order valence-electron chi connectivity index (χ3n) is 5.18.